The largest absolute Gasteiger partial charge is 0.475 e. The van der Waals surface area contributed by atoms with Crippen molar-refractivity contribution in [3.63, 3.8) is 0 Å². The first kappa shape index (κ1) is 14.4. The molecule has 1 heterocycles. The van der Waals surface area contributed by atoms with Gasteiger partial charge in [-0.05, 0) is 42.9 Å². The third-order valence-corrected chi connectivity index (χ3v) is 5.75. The molecular formula is C16H25N3O2. The van der Waals surface area contributed by atoms with Gasteiger partial charge in [0.25, 0.3) is 11.4 Å². The van der Waals surface area contributed by atoms with Gasteiger partial charge in [0.1, 0.15) is 5.69 Å². The third kappa shape index (κ3) is 2.32. The number of aromatic nitrogens is 2. The van der Waals surface area contributed by atoms with Gasteiger partial charge in [0.2, 0.25) is 0 Å². The van der Waals surface area contributed by atoms with E-state index in [2.05, 4.69) is 36.3 Å². The maximum Gasteiger partial charge on any atom is 0.266 e. The summed E-state index contributed by atoms with van der Waals surface area (Å²) in [5.74, 6) is 2.63. The monoisotopic (exact) mass is 291 g/mol. The topological polar surface area (TPSA) is 67.0 Å². The summed E-state index contributed by atoms with van der Waals surface area (Å²) in [4.78, 5) is 11.5. The fraction of sp³-hybridized carbons (Fsp3) is 0.750. The van der Waals surface area contributed by atoms with Gasteiger partial charge in [-0.2, -0.15) is 0 Å². The second kappa shape index (κ2) is 5.04. The molecule has 5 nitrogen and oxygen atoms in total. The quantitative estimate of drug-likeness (QED) is 0.895. The molecule has 116 valence electrons. The number of ether oxygens (including phenoxy) is 1. The van der Waals surface area contributed by atoms with Gasteiger partial charge in [-0.15, -0.1) is 5.10 Å². The molecule has 2 bridgehead atoms. The molecule has 3 aliphatic carbocycles. The van der Waals surface area contributed by atoms with Crippen LogP contribution in [0.5, 0.6) is 5.88 Å². The lowest BCUT2D eigenvalue weighted by Crippen LogP contribution is -2.58. The first-order chi connectivity index (χ1) is 9.93. The van der Waals surface area contributed by atoms with Crippen molar-refractivity contribution in [2.45, 2.75) is 46.6 Å². The molecule has 0 amide bonds. The molecule has 0 aliphatic heterocycles. The molecule has 3 saturated carbocycles. The number of aromatic amines is 1. The molecule has 0 aromatic carbocycles. The lowest BCUT2D eigenvalue weighted by molar-refractivity contribution is -0.105. The van der Waals surface area contributed by atoms with Crippen molar-refractivity contribution in [2.24, 2.45) is 23.2 Å². The Hall–Kier alpha value is -1.52. The second-order valence-electron chi connectivity index (χ2n) is 7.09. The van der Waals surface area contributed by atoms with Crippen LogP contribution in [-0.4, -0.2) is 22.8 Å². The van der Waals surface area contributed by atoms with Crippen molar-refractivity contribution in [3.05, 3.63) is 16.4 Å². The Morgan fingerprint density at radius 1 is 1.48 bits per heavy atom. The molecule has 21 heavy (non-hydrogen) atoms. The highest BCUT2D eigenvalue weighted by Crippen LogP contribution is 2.61. The summed E-state index contributed by atoms with van der Waals surface area (Å²) in [7, 11) is 0. The summed E-state index contributed by atoms with van der Waals surface area (Å²) >= 11 is 0. The van der Waals surface area contributed by atoms with Gasteiger partial charge in [0.15, 0.2) is 0 Å². The van der Waals surface area contributed by atoms with E-state index in [1.807, 2.05) is 6.92 Å². The number of hydrogen-bond acceptors (Lipinski definition) is 4. The molecule has 0 saturated heterocycles. The summed E-state index contributed by atoms with van der Waals surface area (Å²) < 4.78 is 5.50. The van der Waals surface area contributed by atoms with Gasteiger partial charge in [-0.25, -0.2) is 5.10 Å². The van der Waals surface area contributed by atoms with Crippen molar-refractivity contribution in [1.82, 2.24) is 10.2 Å². The van der Waals surface area contributed by atoms with Crippen molar-refractivity contribution >= 4 is 5.69 Å². The molecule has 0 spiro atoms. The minimum atomic E-state index is -0.199. The normalized spacial score (nSPS) is 33.1. The number of anilines is 1. The molecular weight excluding hydrogens is 266 g/mol. The summed E-state index contributed by atoms with van der Waals surface area (Å²) in [5.41, 5.74) is 0.985. The summed E-state index contributed by atoms with van der Waals surface area (Å²) in [6.07, 6.45) is 2.50. The number of rotatable bonds is 4. The van der Waals surface area contributed by atoms with Crippen LogP contribution in [0.2, 0.25) is 0 Å². The molecule has 3 fully saturated rings. The molecule has 4 atom stereocenters. The maximum absolute atomic E-state index is 11.5. The van der Waals surface area contributed by atoms with E-state index in [1.54, 1.807) is 6.07 Å². The number of nitrogens with zero attached hydrogens (tertiary/aromatic N) is 1. The van der Waals surface area contributed by atoms with E-state index in [-0.39, 0.29) is 5.56 Å². The highest BCUT2D eigenvalue weighted by atomic mass is 16.5. The number of H-pyrrole nitrogens is 1. The molecule has 5 heteroatoms. The minimum Gasteiger partial charge on any atom is -0.475 e. The van der Waals surface area contributed by atoms with Crippen molar-refractivity contribution in [2.75, 3.05) is 11.9 Å². The molecule has 2 N–H and O–H groups in total. The molecule has 0 unspecified atom stereocenters. The van der Waals surface area contributed by atoms with Crippen LogP contribution >= 0.6 is 0 Å². The van der Waals surface area contributed by atoms with E-state index in [4.69, 9.17) is 4.74 Å². The summed E-state index contributed by atoms with van der Waals surface area (Å²) in [5, 5.41) is 9.94. The predicted octanol–water partition coefficient (Wildman–Crippen LogP) is 2.65. The highest BCUT2D eigenvalue weighted by molar-refractivity contribution is 5.52. The van der Waals surface area contributed by atoms with Crippen LogP contribution in [0, 0.1) is 23.2 Å². The van der Waals surface area contributed by atoms with E-state index in [1.165, 1.54) is 6.42 Å². The maximum atomic E-state index is 11.5. The molecule has 0 radical (unpaired) electrons. The zero-order valence-electron chi connectivity index (χ0n) is 13.3. The van der Waals surface area contributed by atoms with E-state index in [0.29, 0.717) is 29.9 Å². The fourth-order valence-electron chi connectivity index (χ4n) is 4.28. The van der Waals surface area contributed by atoms with Crippen LogP contribution in [0.15, 0.2) is 10.9 Å². The fourth-order valence-corrected chi connectivity index (χ4v) is 4.28. The second-order valence-corrected chi connectivity index (χ2v) is 7.09. The van der Waals surface area contributed by atoms with E-state index in [0.717, 1.165) is 23.9 Å². The van der Waals surface area contributed by atoms with Gasteiger partial charge >= 0.3 is 0 Å². The SMILES string of the molecule is CCOc1n[nH]c(=O)cc1N[C@@H]1C[C@H]2C[C@H]([C@@H]1C)C2(C)C. The molecule has 3 aliphatic rings. The van der Waals surface area contributed by atoms with Gasteiger partial charge in [0.05, 0.1) is 6.61 Å². The first-order valence-electron chi connectivity index (χ1n) is 7.92. The Morgan fingerprint density at radius 3 is 2.86 bits per heavy atom. The van der Waals surface area contributed by atoms with E-state index >= 15 is 0 Å². The lowest BCUT2D eigenvalue weighted by atomic mass is 9.45. The van der Waals surface area contributed by atoms with Gasteiger partial charge in [0, 0.05) is 12.1 Å². The van der Waals surface area contributed by atoms with Crippen LogP contribution in [-0.2, 0) is 0 Å². The zero-order chi connectivity index (χ0) is 15.2. The Kier molecular flexibility index (Phi) is 3.46. The van der Waals surface area contributed by atoms with Crippen molar-refractivity contribution in [1.29, 1.82) is 0 Å². The van der Waals surface area contributed by atoms with Crippen molar-refractivity contribution in [3.8, 4) is 5.88 Å². The smallest absolute Gasteiger partial charge is 0.266 e. The average Bonchev–Trinajstić information content (AvgIpc) is 2.43. The average molecular weight is 291 g/mol. The van der Waals surface area contributed by atoms with Gasteiger partial charge < -0.3 is 10.1 Å². The predicted molar refractivity (Wildman–Crippen MR) is 82.6 cm³/mol. The Morgan fingerprint density at radius 2 is 2.24 bits per heavy atom. The summed E-state index contributed by atoms with van der Waals surface area (Å²) in [6, 6.07) is 1.94. The molecule has 1 aromatic rings. The van der Waals surface area contributed by atoms with E-state index < -0.39 is 0 Å². The van der Waals surface area contributed by atoms with Gasteiger partial charge in [-0.3, -0.25) is 4.79 Å². The third-order valence-electron chi connectivity index (χ3n) is 5.75. The first-order valence-corrected chi connectivity index (χ1v) is 7.92. The lowest BCUT2D eigenvalue weighted by Gasteiger charge is -2.62. The standard InChI is InChI=1S/C16H25N3O2/c1-5-21-15-13(8-14(20)18-19-15)17-12-7-10-6-11(9(12)2)16(10,3)4/h8-12H,5-7H2,1-4H3,(H2,17,18,20)/t9-,10+,11+,12+/m0/s1. The Balaban J connectivity index is 1.79. The van der Waals surface area contributed by atoms with Crippen LogP contribution in [0.25, 0.3) is 0 Å². The Labute approximate surface area is 125 Å². The summed E-state index contributed by atoms with van der Waals surface area (Å²) in [6.45, 7) is 9.54. The highest BCUT2D eigenvalue weighted by Gasteiger charge is 2.56. The van der Waals surface area contributed by atoms with Crippen LogP contribution in [0.3, 0.4) is 0 Å². The van der Waals surface area contributed by atoms with Crippen LogP contribution < -0.4 is 15.6 Å². The van der Waals surface area contributed by atoms with Crippen LogP contribution in [0.1, 0.15) is 40.5 Å². The Bertz CT molecular complexity index is 581. The van der Waals surface area contributed by atoms with E-state index in [9.17, 15) is 4.79 Å². The van der Waals surface area contributed by atoms with Crippen LogP contribution in [0.4, 0.5) is 5.69 Å². The number of fused-ring (bicyclic) bond motifs is 2. The number of nitrogens with one attached hydrogen (secondary N) is 2. The molecule has 1 aromatic heterocycles. The minimum absolute atomic E-state index is 0.199. The van der Waals surface area contributed by atoms with Crippen molar-refractivity contribution < 1.29 is 4.74 Å². The number of hydrogen-bond donors (Lipinski definition) is 2. The molecule has 4 rings (SSSR count). The zero-order valence-corrected chi connectivity index (χ0v) is 13.3. The van der Waals surface area contributed by atoms with Gasteiger partial charge in [-0.1, -0.05) is 20.8 Å².